The van der Waals surface area contributed by atoms with Gasteiger partial charge in [-0.2, -0.15) is 5.10 Å². The molecule has 0 saturated carbocycles. The number of ether oxygens (including phenoxy) is 1. The number of anilines is 1. The molecule has 1 N–H and O–H groups in total. The summed E-state index contributed by atoms with van der Waals surface area (Å²) in [7, 11) is 0. The fraction of sp³-hybridized carbons (Fsp3) is 0.556. The molecule has 0 aliphatic carbocycles. The summed E-state index contributed by atoms with van der Waals surface area (Å²) >= 11 is 0. The number of carbonyl (C=O) groups excluding carboxylic acids is 1. The van der Waals surface area contributed by atoms with Gasteiger partial charge in [0, 0.05) is 31.5 Å². The molecule has 2 aromatic heterocycles. The molecular formula is C18H24N6O2. The maximum atomic E-state index is 12.7. The summed E-state index contributed by atoms with van der Waals surface area (Å²) in [6.07, 6.45) is 4.73. The number of amides is 1. The molecule has 4 heterocycles. The number of nitrogens with one attached hydrogen (secondary N) is 1. The largest absolute Gasteiger partial charge is 0.368 e. The van der Waals surface area contributed by atoms with Crippen LogP contribution in [0.4, 0.5) is 5.95 Å². The summed E-state index contributed by atoms with van der Waals surface area (Å²) in [4.78, 5) is 25.8. The van der Waals surface area contributed by atoms with Crippen molar-refractivity contribution in [2.24, 2.45) is 0 Å². The van der Waals surface area contributed by atoms with Crippen LogP contribution in [0.5, 0.6) is 0 Å². The van der Waals surface area contributed by atoms with Crippen molar-refractivity contribution in [2.45, 2.75) is 32.3 Å². The Morgan fingerprint density at radius 3 is 2.96 bits per heavy atom. The molecule has 0 unspecified atom stereocenters. The van der Waals surface area contributed by atoms with Crippen LogP contribution in [-0.4, -0.2) is 63.8 Å². The van der Waals surface area contributed by atoms with Crippen molar-refractivity contribution in [3.63, 3.8) is 0 Å². The van der Waals surface area contributed by atoms with Crippen molar-refractivity contribution in [1.82, 2.24) is 25.1 Å². The van der Waals surface area contributed by atoms with E-state index in [2.05, 4.69) is 20.1 Å². The van der Waals surface area contributed by atoms with Gasteiger partial charge in [0.2, 0.25) is 5.95 Å². The first-order valence-corrected chi connectivity index (χ1v) is 9.27. The Balaban J connectivity index is 1.48. The fourth-order valence-corrected chi connectivity index (χ4v) is 3.44. The van der Waals surface area contributed by atoms with Crippen LogP contribution in [0.15, 0.2) is 18.3 Å². The topological polar surface area (TPSA) is 87.2 Å². The summed E-state index contributed by atoms with van der Waals surface area (Å²) < 4.78 is 5.89. The van der Waals surface area contributed by atoms with Gasteiger partial charge in [0.15, 0.2) is 0 Å². The highest BCUT2D eigenvalue weighted by molar-refractivity contribution is 5.92. The summed E-state index contributed by atoms with van der Waals surface area (Å²) in [5, 5.41) is 7.04. The van der Waals surface area contributed by atoms with E-state index in [-0.39, 0.29) is 12.0 Å². The van der Waals surface area contributed by atoms with Crippen LogP contribution < -0.4 is 4.90 Å². The van der Waals surface area contributed by atoms with Crippen molar-refractivity contribution in [2.75, 3.05) is 37.7 Å². The lowest BCUT2D eigenvalue weighted by Crippen LogP contribution is -2.42. The van der Waals surface area contributed by atoms with Crippen LogP contribution in [0.2, 0.25) is 0 Å². The Labute approximate surface area is 152 Å². The zero-order valence-electron chi connectivity index (χ0n) is 15.0. The van der Waals surface area contributed by atoms with Gasteiger partial charge in [0.05, 0.1) is 18.8 Å². The van der Waals surface area contributed by atoms with Gasteiger partial charge in [-0.05, 0) is 31.4 Å². The molecule has 138 valence electrons. The van der Waals surface area contributed by atoms with Crippen LogP contribution in [0.25, 0.3) is 0 Å². The number of nitrogens with zero attached hydrogens (tertiary/aromatic N) is 5. The molecule has 1 amide bonds. The standard InChI is InChI=1S/C18H24N6O2/c1-2-13-11-15(22-21-13)17(25)24-9-10-26-16(12-24)14-5-6-19-18(20-14)23-7-3-4-8-23/h5-6,11,16H,2-4,7-10,12H2,1H3,(H,21,22)/t16-/m1/s1. The van der Waals surface area contributed by atoms with Crippen LogP contribution in [0, 0.1) is 0 Å². The normalized spacial score (nSPS) is 20.6. The number of carbonyl (C=O) groups is 1. The van der Waals surface area contributed by atoms with E-state index in [4.69, 9.17) is 9.72 Å². The molecule has 4 rings (SSSR count). The Morgan fingerprint density at radius 2 is 2.19 bits per heavy atom. The predicted octanol–water partition coefficient (Wildman–Crippen LogP) is 1.58. The third-order valence-electron chi connectivity index (χ3n) is 4.97. The molecule has 26 heavy (non-hydrogen) atoms. The number of hydrogen-bond acceptors (Lipinski definition) is 6. The molecule has 8 nitrogen and oxygen atoms in total. The van der Waals surface area contributed by atoms with Crippen LogP contribution in [0.1, 0.15) is 47.7 Å². The van der Waals surface area contributed by atoms with Gasteiger partial charge in [-0.3, -0.25) is 9.89 Å². The van der Waals surface area contributed by atoms with E-state index in [9.17, 15) is 4.79 Å². The van der Waals surface area contributed by atoms with Gasteiger partial charge < -0.3 is 14.5 Å². The SMILES string of the molecule is CCc1cc(C(=O)N2CCO[C@@H](c3ccnc(N4CCCC4)n3)C2)n[nH]1. The summed E-state index contributed by atoms with van der Waals surface area (Å²) in [6.45, 7) is 5.55. The van der Waals surface area contributed by atoms with E-state index < -0.39 is 0 Å². The molecule has 2 aliphatic rings. The number of aromatic amines is 1. The highest BCUT2D eigenvalue weighted by Gasteiger charge is 2.29. The van der Waals surface area contributed by atoms with Crippen molar-refractivity contribution < 1.29 is 9.53 Å². The van der Waals surface area contributed by atoms with Crippen molar-refractivity contribution in [3.8, 4) is 0 Å². The molecule has 0 aromatic carbocycles. The quantitative estimate of drug-likeness (QED) is 0.895. The van der Waals surface area contributed by atoms with Crippen molar-refractivity contribution in [3.05, 3.63) is 35.4 Å². The molecule has 2 aromatic rings. The van der Waals surface area contributed by atoms with Crippen molar-refractivity contribution in [1.29, 1.82) is 0 Å². The number of aryl methyl sites for hydroxylation is 1. The van der Waals surface area contributed by atoms with Crippen LogP contribution >= 0.6 is 0 Å². The maximum Gasteiger partial charge on any atom is 0.274 e. The highest BCUT2D eigenvalue weighted by Crippen LogP contribution is 2.24. The number of morpholine rings is 1. The van der Waals surface area contributed by atoms with Crippen molar-refractivity contribution >= 4 is 11.9 Å². The molecule has 2 fully saturated rings. The minimum Gasteiger partial charge on any atom is -0.368 e. The van der Waals surface area contributed by atoms with Gasteiger partial charge in [-0.1, -0.05) is 6.92 Å². The second kappa shape index (κ2) is 7.41. The first-order valence-electron chi connectivity index (χ1n) is 9.27. The number of rotatable bonds is 4. The predicted molar refractivity (Wildman–Crippen MR) is 96.0 cm³/mol. The average Bonchev–Trinajstić information content (AvgIpc) is 3.39. The number of hydrogen-bond donors (Lipinski definition) is 1. The summed E-state index contributed by atoms with van der Waals surface area (Å²) in [6, 6.07) is 3.70. The first kappa shape index (κ1) is 17.0. The lowest BCUT2D eigenvalue weighted by Gasteiger charge is -2.32. The first-order chi connectivity index (χ1) is 12.7. The second-order valence-corrected chi connectivity index (χ2v) is 6.72. The van der Waals surface area contributed by atoms with E-state index in [0.717, 1.165) is 36.8 Å². The Bertz CT molecular complexity index is 771. The van der Waals surface area contributed by atoms with E-state index in [1.165, 1.54) is 12.8 Å². The molecule has 0 bridgehead atoms. The molecule has 0 radical (unpaired) electrons. The zero-order chi connectivity index (χ0) is 17.9. The van der Waals surface area contributed by atoms with E-state index >= 15 is 0 Å². The fourth-order valence-electron chi connectivity index (χ4n) is 3.44. The molecular weight excluding hydrogens is 332 g/mol. The second-order valence-electron chi connectivity index (χ2n) is 6.72. The molecule has 8 heteroatoms. The third kappa shape index (κ3) is 3.41. The Kier molecular flexibility index (Phi) is 4.83. The lowest BCUT2D eigenvalue weighted by molar-refractivity contribution is -0.0249. The Morgan fingerprint density at radius 1 is 1.35 bits per heavy atom. The van der Waals surface area contributed by atoms with Gasteiger partial charge >= 0.3 is 0 Å². The number of H-pyrrole nitrogens is 1. The lowest BCUT2D eigenvalue weighted by atomic mass is 10.2. The summed E-state index contributed by atoms with van der Waals surface area (Å²) in [5.41, 5.74) is 2.25. The molecule has 1 atom stereocenters. The monoisotopic (exact) mass is 356 g/mol. The van der Waals surface area contributed by atoms with Gasteiger partial charge in [-0.15, -0.1) is 0 Å². The minimum absolute atomic E-state index is 0.0666. The van der Waals surface area contributed by atoms with Gasteiger partial charge in [0.25, 0.3) is 5.91 Å². The molecule has 0 spiro atoms. The van der Waals surface area contributed by atoms with Crippen LogP contribution in [0.3, 0.4) is 0 Å². The van der Waals surface area contributed by atoms with E-state index in [1.54, 1.807) is 11.1 Å². The smallest absolute Gasteiger partial charge is 0.274 e. The van der Waals surface area contributed by atoms with Crippen LogP contribution in [-0.2, 0) is 11.2 Å². The summed E-state index contributed by atoms with van der Waals surface area (Å²) in [5.74, 6) is 0.690. The number of aromatic nitrogens is 4. The van der Waals surface area contributed by atoms with E-state index in [1.807, 2.05) is 19.1 Å². The Hall–Kier alpha value is -2.48. The molecule has 2 aliphatic heterocycles. The third-order valence-corrected chi connectivity index (χ3v) is 4.97. The zero-order valence-corrected chi connectivity index (χ0v) is 15.0. The average molecular weight is 356 g/mol. The van der Waals surface area contributed by atoms with Gasteiger partial charge in [-0.25, -0.2) is 9.97 Å². The maximum absolute atomic E-state index is 12.7. The minimum atomic E-state index is -0.235. The van der Waals surface area contributed by atoms with E-state index in [0.29, 0.717) is 25.4 Å². The van der Waals surface area contributed by atoms with Gasteiger partial charge in [0.1, 0.15) is 11.8 Å². The highest BCUT2D eigenvalue weighted by atomic mass is 16.5. The molecule has 2 saturated heterocycles.